The lowest BCUT2D eigenvalue weighted by Gasteiger charge is -2.07. The topological polar surface area (TPSA) is 64.4 Å². The van der Waals surface area contributed by atoms with Crippen molar-refractivity contribution in [3.63, 3.8) is 0 Å². The molecule has 7 heteroatoms. The van der Waals surface area contributed by atoms with Gasteiger partial charge in [-0.15, -0.1) is 23.1 Å². The van der Waals surface area contributed by atoms with E-state index in [-0.39, 0.29) is 5.91 Å². The Hall–Kier alpha value is -3.03. The van der Waals surface area contributed by atoms with Crippen LogP contribution in [0.15, 0.2) is 75.6 Å². The number of ether oxygens (including phenoxy) is 1. The van der Waals surface area contributed by atoms with E-state index in [1.165, 1.54) is 11.3 Å². The molecular formula is C23H20N2O3S2. The fourth-order valence-electron chi connectivity index (χ4n) is 2.96. The third kappa shape index (κ3) is 4.58. The molecule has 0 fully saturated rings. The van der Waals surface area contributed by atoms with Crippen LogP contribution in [0.25, 0.3) is 11.3 Å². The zero-order valence-corrected chi connectivity index (χ0v) is 18.2. The Bertz CT molecular complexity index is 1150. The van der Waals surface area contributed by atoms with Gasteiger partial charge < -0.3 is 9.15 Å². The molecule has 5 nitrogen and oxygen atoms in total. The van der Waals surface area contributed by atoms with E-state index in [4.69, 9.17) is 9.15 Å². The van der Waals surface area contributed by atoms with Crippen molar-refractivity contribution in [2.75, 3.05) is 12.4 Å². The molecule has 30 heavy (non-hydrogen) atoms. The number of aromatic nitrogens is 1. The van der Waals surface area contributed by atoms with E-state index in [1.54, 1.807) is 25.1 Å². The predicted octanol–water partition coefficient (Wildman–Crippen LogP) is 6.26. The molecular weight excluding hydrogens is 416 g/mol. The lowest BCUT2D eigenvalue weighted by Crippen LogP contribution is -2.12. The molecule has 1 amide bonds. The van der Waals surface area contributed by atoms with Crippen LogP contribution in [0.3, 0.4) is 0 Å². The van der Waals surface area contributed by atoms with Crippen molar-refractivity contribution < 1.29 is 13.9 Å². The van der Waals surface area contributed by atoms with E-state index in [9.17, 15) is 4.79 Å². The largest absolute Gasteiger partial charge is 0.496 e. The Morgan fingerprint density at radius 2 is 2.03 bits per heavy atom. The van der Waals surface area contributed by atoms with E-state index in [2.05, 4.69) is 10.3 Å². The van der Waals surface area contributed by atoms with Gasteiger partial charge >= 0.3 is 0 Å². The molecule has 2 heterocycles. The predicted molar refractivity (Wildman–Crippen MR) is 122 cm³/mol. The van der Waals surface area contributed by atoms with Crippen LogP contribution in [-0.4, -0.2) is 18.0 Å². The zero-order valence-electron chi connectivity index (χ0n) is 16.5. The summed E-state index contributed by atoms with van der Waals surface area (Å²) in [5.41, 5.74) is 3.61. The minimum absolute atomic E-state index is 0.305. The first-order valence-corrected chi connectivity index (χ1v) is 11.2. The molecule has 0 aliphatic rings. The van der Waals surface area contributed by atoms with E-state index >= 15 is 0 Å². The highest BCUT2D eigenvalue weighted by Gasteiger charge is 2.18. The maximum absolute atomic E-state index is 12.8. The van der Waals surface area contributed by atoms with Crippen molar-refractivity contribution >= 4 is 34.1 Å². The van der Waals surface area contributed by atoms with Crippen LogP contribution in [0.5, 0.6) is 5.75 Å². The van der Waals surface area contributed by atoms with E-state index in [1.807, 2.05) is 66.9 Å². The van der Waals surface area contributed by atoms with Crippen molar-refractivity contribution in [3.8, 4) is 17.0 Å². The van der Waals surface area contributed by atoms with Gasteiger partial charge in [-0.2, -0.15) is 0 Å². The van der Waals surface area contributed by atoms with E-state index in [0.29, 0.717) is 16.6 Å². The van der Waals surface area contributed by atoms with Gasteiger partial charge in [0.1, 0.15) is 5.75 Å². The molecule has 0 unspecified atom stereocenters. The highest BCUT2D eigenvalue weighted by molar-refractivity contribution is 7.98. The molecule has 4 rings (SSSR count). The summed E-state index contributed by atoms with van der Waals surface area (Å²) in [7, 11) is 1.63. The van der Waals surface area contributed by atoms with Gasteiger partial charge in [0.15, 0.2) is 10.9 Å². The number of hydrogen-bond donors (Lipinski definition) is 1. The summed E-state index contributed by atoms with van der Waals surface area (Å²) in [5, 5.41) is 5.26. The van der Waals surface area contributed by atoms with Crippen LogP contribution in [-0.2, 0) is 5.75 Å². The molecule has 1 N–H and O–H groups in total. The van der Waals surface area contributed by atoms with E-state index < -0.39 is 0 Å². The van der Waals surface area contributed by atoms with Crippen LogP contribution < -0.4 is 10.1 Å². The molecule has 2 aromatic heterocycles. The van der Waals surface area contributed by atoms with Gasteiger partial charge in [0.2, 0.25) is 0 Å². The van der Waals surface area contributed by atoms with Crippen molar-refractivity contribution in [2.24, 2.45) is 0 Å². The number of nitrogens with zero attached hydrogens (tertiary/aromatic N) is 1. The second kappa shape index (κ2) is 9.19. The fraction of sp³-hybridized carbons (Fsp3) is 0.130. The number of carbonyl (C=O) groups excluding carboxylic acids is 1. The fourth-order valence-corrected chi connectivity index (χ4v) is 4.56. The number of benzene rings is 2. The second-order valence-corrected chi connectivity index (χ2v) is 8.48. The average molecular weight is 437 g/mol. The Balaban J connectivity index is 1.47. The molecule has 0 atom stereocenters. The van der Waals surface area contributed by atoms with Crippen LogP contribution in [0.1, 0.15) is 21.7 Å². The highest BCUT2D eigenvalue weighted by Crippen LogP contribution is 2.33. The minimum atomic E-state index is -0.305. The third-order valence-corrected chi connectivity index (χ3v) is 6.26. The molecule has 2 aromatic carbocycles. The van der Waals surface area contributed by atoms with Crippen molar-refractivity contribution in [1.29, 1.82) is 0 Å². The van der Waals surface area contributed by atoms with Crippen LogP contribution in [0, 0.1) is 6.92 Å². The first kappa shape index (κ1) is 20.3. The second-order valence-electron chi connectivity index (χ2n) is 6.57. The number of methoxy groups -OCH3 is 1. The van der Waals surface area contributed by atoms with E-state index in [0.717, 1.165) is 33.0 Å². The first-order chi connectivity index (χ1) is 14.6. The Morgan fingerprint density at radius 3 is 2.83 bits per heavy atom. The Morgan fingerprint density at radius 1 is 1.20 bits per heavy atom. The summed E-state index contributed by atoms with van der Waals surface area (Å²) in [6, 6.07) is 17.8. The monoisotopic (exact) mass is 436 g/mol. The van der Waals surface area contributed by atoms with Crippen LogP contribution in [0.2, 0.25) is 0 Å². The Labute approximate surface area is 183 Å². The van der Waals surface area contributed by atoms with Gasteiger partial charge in [-0.25, -0.2) is 4.98 Å². The van der Waals surface area contributed by atoms with Crippen LogP contribution >= 0.6 is 23.1 Å². The maximum Gasteiger partial charge on any atom is 0.293 e. The number of carbonyl (C=O) groups is 1. The van der Waals surface area contributed by atoms with Gasteiger partial charge in [0, 0.05) is 27.2 Å². The molecule has 0 spiro atoms. The molecule has 0 bridgehead atoms. The first-order valence-electron chi connectivity index (χ1n) is 9.30. The average Bonchev–Trinajstić information content (AvgIpc) is 3.42. The Kier molecular flexibility index (Phi) is 6.21. The molecule has 0 saturated heterocycles. The number of anilines is 1. The minimum Gasteiger partial charge on any atom is -0.496 e. The molecule has 0 saturated carbocycles. The zero-order chi connectivity index (χ0) is 20.9. The summed E-state index contributed by atoms with van der Waals surface area (Å²) >= 11 is 3.02. The SMILES string of the molecule is COc1ccc(C)cc1-c1csc(NC(=O)c2occc2CSc2ccccc2)n1. The van der Waals surface area contributed by atoms with Gasteiger partial charge in [0.05, 0.1) is 19.1 Å². The maximum atomic E-state index is 12.8. The summed E-state index contributed by atoms with van der Waals surface area (Å²) in [4.78, 5) is 18.5. The van der Waals surface area contributed by atoms with Crippen molar-refractivity contribution in [1.82, 2.24) is 4.98 Å². The van der Waals surface area contributed by atoms with Crippen molar-refractivity contribution in [3.05, 3.63) is 83.1 Å². The number of aryl methyl sites for hydroxylation is 1. The summed E-state index contributed by atoms with van der Waals surface area (Å²) in [6.07, 6.45) is 1.54. The summed E-state index contributed by atoms with van der Waals surface area (Å²) in [5.74, 6) is 1.39. The van der Waals surface area contributed by atoms with Gasteiger partial charge in [-0.1, -0.05) is 29.8 Å². The summed E-state index contributed by atoms with van der Waals surface area (Å²) < 4.78 is 10.9. The number of thiazole rings is 1. The lowest BCUT2D eigenvalue weighted by atomic mass is 10.1. The lowest BCUT2D eigenvalue weighted by molar-refractivity contribution is 0.0996. The molecule has 0 aliphatic carbocycles. The molecule has 0 aliphatic heterocycles. The van der Waals surface area contributed by atoms with Gasteiger partial charge in [0.25, 0.3) is 5.91 Å². The van der Waals surface area contributed by atoms with Crippen molar-refractivity contribution in [2.45, 2.75) is 17.6 Å². The number of thioether (sulfide) groups is 1. The van der Waals surface area contributed by atoms with Gasteiger partial charge in [-0.3, -0.25) is 10.1 Å². The quantitative estimate of drug-likeness (QED) is 0.346. The number of furan rings is 1. The third-order valence-electron chi connectivity index (χ3n) is 4.45. The standard InChI is InChI=1S/C23H20N2O3S2/c1-15-8-9-20(27-2)18(12-15)19-14-30-23(24-19)25-22(26)21-16(10-11-28-21)13-29-17-6-4-3-5-7-17/h3-12,14H,13H2,1-2H3,(H,24,25,26). The van der Waals surface area contributed by atoms with Crippen LogP contribution in [0.4, 0.5) is 5.13 Å². The normalized spacial score (nSPS) is 10.7. The number of amides is 1. The number of hydrogen-bond acceptors (Lipinski definition) is 6. The molecule has 0 radical (unpaired) electrons. The van der Waals surface area contributed by atoms with Gasteiger partial charge in [-0.05, 0) is 37.3 Å². The summed E-state index contributed by atoms with van der Waals surface area (Å²) in [6.45, 7) is 2.02. The molecule has 4 aromatic rings. The number of nitrogens with one attached hydrogen (secondary N) is 1. The smallest absolute Gasteiger partial charge is 0.293 e. The number of rotatable bonds is 7. The molecule has 152 valence electrons. The highest BCUT2D eigenvalue weighted by atomic mass is 32.2.